The van der Waals surface area contributed by atoms with Crippen molar-refractivity contribution in [3.63, 3.8) is 0 Å². The SMILES string of the molecule is COC(=O)C1=C(C)NC(C)=C(C(=O)OC)C1C(=O)OCC(=O)Nc1cccc(C(C)=O)c1. The molecule has 1 aliphatic rings. The second kappa shape index (κ2) is 10.4. The molecule has 10 nitrogen and oxygen atoms in total. The number of nitrogens with one attached hydrogen (secondary N) is 2. The third kappa shape index (κ3) is 5.39. The molecule has 0 bridgehead atoms. The summed E-state index contributed by atoms with van der Waals surface area (Å²) in [6.45, 7) is 3.79. The topological polar surface area (TPSA) is 137 Å². The van der Waals surface area contributed by atoms with Gasteiger partial charge >= 0.3 is 17.9 Å². The Kier molecular flexibility index (Phi) is 7.89. The zero-order valence-electron chi connectivity index (χ0n) is 18.4. The van der Waals surface area contributed by atoms with Gasteiger partial charge in [0.1, 0.15) is 5.92 Å². The molecule has 1 aromatic rings. The quantitative estimate of drug-likeness (QED) is 0.364. The smallest absolute Gasteiger partial charge is 0.336 e. The summed E-state index contributed by atoms with van der Waals surface area (Å²) in [4.78, 5) is 61.3. The number of carbonyl (C=O) groups is 5. The lowest BCUT2D eigenvalue weighted by Crippen LogP contribution is -2.38. The predicted octanol–water partition coefficient (Wildman–Crippen LogP) is 1.48. The number of rotatable bonds is 7. The molecule has 0 spiro atoms. The maximum atomic E-state index is 12.9. The summed E-state index contributed by atoms with van der Waals surface area (Å²) < 4.78 is 14.6. The van der Waals surface area contributed by atoms with Crippen LogP contribution in [0, 0.1) is 5.92 Å². The number of dihydropyridines is 1. The molecular weight excluding hydrogens is 420 g/mol. The first-order valence-electron chi connectivity index (χ1n) is 9.53. The summed E-state index contributed by atoms with van der Waals surface area (Å²) in [5.41, 5.74) is 1.10. The van der Waals surface area contributed by atoms with Gasteiger partial charge in [0.2, 0.25) is 0 Å². The van der Waals surface area contributed by atoms with Gasteiger partial charge in [-0.25, -0.2) is 9.59 Å². The molecular formula is C22H24N2O8. The van der Waals surface area contributed by atoms with E-state index in [1.54, 1.807) is 32.0 Å². The first-order valence-corrected chi connectivity index (χ1v) is 9.53. The molecule has 2 rings (SSSR count). The van der Waals surface area contributed by atoms with E-state index in [9.17, 15) is 24.0 Å². The molecule has 0 atom stereocenters. The van der Waals surface area contributed by atoms with Gasteiger partial charge in [0.25, 0.3) is 5.91 Å². The minimum Gasteiger partial charge on any atom is -0.466 e. The van der Waals surface area contributed by atoms with Crippen molar-refractivity contribution in [1.29, 1.82) is 0 Å². The molecule has 10 heteroatoms. The molecule has 0 unspecified atom stereocenters. The van der Waals surface area contributed by atoms with E-state index in [0.29, 0.717) is 22.6 Å². The molecule has 0 fully saturated rings. The number of anilines is 1. The average Bonchev–Trinajstić information content (AvgIpc) is 2.76. The highest BCUT2D eigenvalue weighted by atomic mass is 16.5. The van der Waals surface area contributed by atoms with Crippen LogP contribution in [0.1, 0.15) is 31.1 Å². The van der Waals surface area contributed by atoms with Crippen molar-refractivity contribution in [2.24, 2.45) is 5.92 Å². The fraction of sp³-hybridized carbons (Fsp3) is 0.318. The van der Waals surface area contributed by atoms with Crippen LogP contribution in [0.25, 0.3) is 0 Å². The predicted molar refractivity (Wildman–Crippen MR) is 112 cm³/mol. The van der Waals surface area contributed by atoms with Crippen LogP contribution >= 0.6 is 0 Å². The maximum Gasteiger partial charge on any atom is 0.336 e. The lowest BCUT2D eigenvalue weighted by molar-refractivity contribution is -0.152. The van der Waals surface area contributed by atoms with Crippen LogP contribution in [-0.2, 0) is 33.4 Å². The molecule has 0 saturated heterocycles. The fourth-order valence-corrected chi connectivity index (χ4v) is 3.22. The second-order valence-electron chi connectivity index (χ2n) is 6.91. The van der Waals surface area contributed by atoms with E-state index in [1.807, 2.05) is 0 Å². The lowest BCUT2D eigenvalue weighted by Gasteiger charge is -2.28. The third-order valence-electron chi connectivity index (χ3n) is 4.71. The van der Waals surface area contributed by atoms with E-state index in [4.69, 9.17) is 14.2 Å². The van der Waals surface area contributed by atoms with Crippen molar-refractivity contribution >= 4 is 35.3 Å². The van der Waals surface area contributed by atoms with E-state index in [1.165, 1.54) is 13.0 Å². The van der Waals surface area contributed by atoms with Crippen LogP contribution in [-0.4, -0.2) is 50.4 Å². The van der Waals surface area contributed by atoms with Gasteiger partial charge in [0.15, 0.2) is 12.4 Å². The molecule has 2 N–H and O–H groups in total. The van der Waals surface area contributed by atoms with E-state index >= 15 is 0 Å². The molecule has 0 aliphatic carbocycles. The number of ketones is 1. The first-order chi connectivity index (χ1) is 15.1. The average molecular weight is 444 g/mol. The van der Waals surface area contributed by atoms with Crippen LogP contribution in [0.15, 0.2) is 46.8 Å². The number of amides is 1. The number of benzene rings is 1. The van der Waals surface area contributed by atoms with E-state index in [-0.39, 0.29) is 16.9 Å². The molecule has 0 radical (unpaired) electrons. The number of carbonyl (C=O) groups excluding carboxylic acids is 5. The highest BCUT2D eigenvalue weighted by Crippen LogP contribution is 2.32. The van der Waals surface area contributed by atoms with Gasteiger partial charge in [-0.2, -0.15) is 0 Å². The third-order valence-corrected chi connectivity index (χ3v) is 4.71. The van der Waals surface area contributed by atoms with Crippen LogP contribution in [0.4, 0.5) is 5.69 Å². The summed E-state index contributed by atoms with van der Waals surface area (Å²) in [7, 11) is 2.27. The maximum absolute atomic E-state index is 12.9. The Morgan fingerprint density at radius 3 is 2.03 bits per heavy atom. The molecule has 32 heavy (non-hydrogen) atoms. The van der Waals surface area contributed by atoms with Gasteiger partial charge in [-0.1, -0.05) is 12.1 Å². The van der Waals surface area contributed by atoms with Crippen molar-refractivity contribution in [2.75, 3.05) is 26.1 Å². The van der Waals surface area contributed by atoms with Crippen molar-refractivity contribution < 1.29 is 38.2 Å². The Hall–Kier alpha value is -3.95. The Balaban J connectivity index is 2.22. The summed E-state index contributed by atoms with van der Waals surface area (Å²) in [6.07, 6.45) is 0. The minimum atomic E-state index is -1.44. The molecule has 1 aromatic carbocycles. The Bertz CT molecular complexity index is 1000. The van der Waals surface area contributed by atoms with Crippen molar-refractivity contribution in [2.45, 2.75) is 20.8 Å². The van der Waals surface area contributed by atoms with Gasteiger partial charge in [-0.3, -0.25) is 14.4 Å². The number of methoxy groups -OCH3 is 2. The monoisotopic (exact) mass is 444 g/mol. The number of Topliss-reactive ketones (excluding diaryl/α,β-unsaturated/α-hetero) is 1. The number of hydrogen-bond acceptors (Lipinski definition) is 9. The molecule has 1 amide bonds. The summed E-state index contributed by atoms with van der Waals surface area (Å²) in [5.74, 6) is -4.96. The van der Waals surface area contributed by atoms with Crippen molar-refractivity contribution in [3.05, 3.63) is 52.4 Å². The van der Waals surface area contributed by atoms with Crippen LogP contribution in [0.2, 0.25) is 0 Å². The number of allylic oxidation sites excluding steroid dienone is 2. The standard InChI is InChI=1S/C22H24N2O8/c1-11-17(20(27)30-4)19(18(12(2)23-11)21(28)31-5)22(29)32-10-16(26)24-15-8-6-7-14(9-15)13(3)25/h6-9,19,23H,10H2,1-5H3,(H,24,26). The van der Waals surface area contributed by atoms with Crippen LogP contribution in [0.5, 0.6) is 0 Å². The zero-order chi connectivity index (χ0) is 24.0. The largest absolute Gasteiger partial charge is 0.466 e. The normalized spacial score (nSPS) is 13.8. The van der Waals surface area contributed by atoms with Crippen molar-refractivity contribution in [1.82, 2.24) is 5.32 Å². The fourth-order valence-electron chi connectivity index (χ4n) is 3.22. The highest BCUT2D eigenvalue weighted by molar-refractivity contribution is 6.06. The van der Waals surface area contributed by atoms with Gasteiger partial charge in [-0.05, 0) is 32.9 Å². The molecule has 1 heterocycles. The molecule has 170 valence electrons. The summed E-state index contributed by atoms with van der Waals surface area (Å²) in [5, 5.41) is 5.36. The number of hydrogen-bond donors (Lipinski definition) is 2. The Labute approximate surface area is 184 Å². The van der Waals surface area contributed by atoms with Crippen molar-refractivity contribution in [3.8, 4) is 0 Å². The highest BCUT2D eigenvalue weighted by Gasteiger charge is 2.42. The second-order valence-corrected chi connectivity index (χ2v) is 6.91. The van der Waals surface area contributed by atoms with Gasteiger partial charge in [0.05, 0.1) is 25.4 Å². The Morgan fingerprint density at radius 1 is 0.969 bits per heavy atom. The van der Waals surface area contributed by atoms with Gasteiger partial charge < -0.3 is 24.8 Å². The van der Waals surface area contributed by atoms with E-state index in [0.717, 1.165) is 14.2 Å². The molecule has 1 aliphatic heterocycles. The summed E-state index contributed by atoms with van der Waals surface area (Å²) >= 11 is 0. The first kappa shape index (κ1) is 24.3. The van der Waals surface area contributed by atoms with E-state index < -0.39 is 36.3 Å². The molecule has 0 saturated carbocycles. The Morgan fingerprint density at radius 2 is 1.53 bits per heavy atom. The van der Waals surface area contributed by atoms with Gasteiger partial charge in [0, 0.05) is 22.6 Å². The molecule has 0 aromatic heterocycles. The van der Waals surface area contributed by atoms with Crippen LogP contribution < -0.4 is 10.6 Å². The number of ether oxygens (including phenoxy) is 3. The zero-order valence-corrected chi connectivity index (χ0v) is 18.4. The minimum absolute atomic E-state index is 0.127. The van der Waals surface area contributed by atoms with Gasteiger partial charge in [-0.15, -0.1) is 0 Å². The van der Waals surface area contributed by atoms with Crippen LogP contribution in [0.3, 0.4) is 0 Å². The summed E-state index contributed by atoms with van der Waals surface area (Å²) in [6, 6.07) is 6.25. The number of esters is 3. The van der Waals surface area contributed by atoms with E-state index in [2.05, 4.69) is 10.6 Å². The lowest BCUT2D eigenvalue weighted by atomic mass is 9.85.